The molecule has 0 bridgehead atoms. The molecule has 19 heavy (non-hydrogen) atoms. The molecular formula is C15H24N2O2. The smallest absolute Gasteiger partial charge is 0.119 e. The minimum Gasteiger partial charge on any atom is -0.492 e. The van der Waals surface area contributed by atoms with Gasteiger partial charge in [0.15, 0.2) is 0 Å². The Balaban J connectivity index is 1.72. The van der Waals surface area contributed by atoms with Crippen LogP contribution in [0, 0.1) is 0 Å². The quantitative estimate of drug-likeness (QED) is 0.844. The molecule has 0 aliphatic carbocycles. The van der Waals surface area contributed by atoms with E-state index in [1.165, 1.54) is 5.56 Å². The summed E-state index contributed by atoms with van der Waals surface area (Å²) in [6, 6.07) is 8.77. The van der Waals surface area contributed by atoms with Gasteiger partial charge in [0, 0.05) is 25.7 Å². The van der Waals surface area contributed by atoms with Crippen molar-refractivity contribution in [3.8, 4) is 5.75 Å². The van der Waals surface area contributed by atoms with E-state index in [9.17, 15) is 0 Å². The molecule has 1 aromatic carbocycles. The van der Waals surface area contributed by atoms with Crippen molar-refractivity contribution in [1.29, 1.82) is 0 Å². The molecule has 1 aliphatic rings. The van der Waals surface area contributed by atoms with Gasteiger partial charge in [0.1, 0.15) is 12.4 Å². The molecule has 1 aromatic rings. The van der Waals surface area contributed by atoms with Gasteiger partial charge in [-0.25, -0.2) is 0 Å². The fourth-order valence-electron chi connectivity index (χ4n) is 2.28. The maximum atomic E-state index is 5.79. The molecule has 1 unspecified atom stereocenters. The lowest BCUT2D eigenvalue weighted by atomic mass is 10.2. The van der Waals surface area contributed by atoms with Crippen LogP contribution in [0.15, 0.2) is 24.3 Å². The van der Waals surface area contributed by atoms with Crippen molar-refractivity contribution < 1.29 is 9.47 Å². The lowest BCUT2D eigenvalue weighted by molar-refractivity contribution is -0.00514. The molecular weight excluding hydrogens is 240 g/mol. The van der Waals surface area contributed by atoms with Crippen molar-refractivity contribution in [2.75, 3.05) is 40.0 Å². The van der Waals surface area contributed by atoms with Gasteiger partial charge in [-0.2, -0.15) is 0 Å². The maximum Gasteiger partial charge on any atom is 0.119 e. The van der Waals surface area contributed by atoms with E-state index < -0.39 is 0 Å². The zero-order valence-corrected chi connectivity index (χ0v) is 11.9. The van der Waals surface area contributed by atoms with Crippen LogP contribution in [-0.2, 0) is 11.3 Å². The van der Waals surface area contributed by atoms with Crippen molar-refractivity contribution >= 4 is 0 Å². The maximum absolute atomic E-state index is 5.79. The van der Waals surface area contributed by atoms with Gasteiger partial charge in [-0.05, 0) is 31.7 Å². The highest BCUT2D eigenvalue weighted by Crippen LogP contribution is 2.12. The molecule has 2 rings (SSSR count). The van der Waals surface area contributed by atoms with E-state index in [0.29, 0.717) is 6.04 Å². The van der Waals surface area contributed by atoms with E-state index in [1.54, 1.807) is 0 Å². The summed E-state index contributed by atoms with van der Waals surface area (Å²) in [6.45, 7) is 7.46. The van der Waals surface area contributed by atoms with Crippen LogP contribution in [0.25, 0.3) is 0 Å². The molecule has 1 fully saturated rings. The Labute approximate surface area is 115 Å². The van der Waals surface area contributed by atoms with E-state index in [2.05, 4.69) is 29.3 Å². The van der Waals surface area contributed by atoms with Crippen LogP contribution in [0.1, 0.15) is 12.5 Å². The van der Waals surface area contributed by atoms with Crippen LogP contribution in [0.2, 0.25) is 0 Å². The van der Waals surface area contributed by atoms with Crippen molar-refractivity contribution in [2.24, 2.45) is 0 Å². The molecule has 0 saturated carbocycles. The van der Waals surface area contributed by atoms with Gasteiger partial charge < -0.3 is 14.8 Å². The van der Waals surface area contributed by atoms with Crippen molar-refractivity contribution in [3.63, 3.8) is 0 Å². The first-order valence-corrected chi connectivity index (χ1v) is 6.97. The highest BCUT2D eigenvalue weighted by atomic mass is 16.5. The molecule has 1 atom stereocenters. The average molecular weight is 264 g/mol. The van der Waals surface area contributed by atoms with Crippen molar-refractivity contribution in [1.82, 2.24) is 10.2 Å². The fourth-order valence-corrected chi connectivity index (χ4v) is 2.28. The van der Waals surface area contributed by atoms with Gasteiger partial charge in [-0.3, -0.25) is 4.90 Å². The average Bonchev–Trinajstić information content (AvgIpc) is 2.43. The predicted octanol–water partition coefficient (Wildman–Crippen LogP) is 1.51. The number of hydrogen-bond donors (Lipinski definition) is 1. The van der Waals surface area contributed by atoms with E-state index in [4.69, 9.17) is 9.47 Å². The third kappa shape index (κ3) is 4.49. The molecule has 0 radical (unpaired) electrons. The van der Waals surface area contributed by atoms with E-state index in [0.717, 1.165) is 45.2 Å². The summed E-state index contributed by atoms with van der Waals surface area (Å²) < 4.78 is 11.2. The summed E-state index contributed by atoms with van der Waals surface area (Å²) in [5.41, 5.74) is 1.27. The van der Waals surface area contributed by atoms with Crippen LogP contribution >= 0.6 is 0 Å². The lowest BCUT2D eigenvalue weighted by Crippen LogP contribution is -2.45. The van der Waals surface area contributed by atoms with Crippen LogP contribution in [0.5, 0.6) is 5.75 Å². The molecule has 0 spiro atoms. The van der Waals surface area contributed by atoms with E-state index >= 15 is 0 Å². The molecule has 1 saturated heterocycles. The largest absolute Gasteiger partial charge is 0.492 e. The van der Waals surface area contributed by atoms with Gasteiger partial charge >= 0.3 is 0 Å². The molecule has 1 heterocycles. The molecule has 4 heteroatoms. The standard InChI is InChI=1S/C15H24N2O2/c1-13-12-18-9-7-17(13)8-10-19-15-5-3-14(4-6-15)11-16-2/h3-6,13,16H,7-12H2,1-2H3. The van der Waals surface area contributed by atoms with Crippen molar-refractivity contribution in [3.05, 3.63) is 29.8 Å². The lowest BCUT2D eigenvalue weighted by Gasteiger charge is -2.32. The Kier molecular flexibility index (Phi) is 5.63. The molecule has 0 aromatic heterocycles. The van der Waals surface area contributed by atoms with E-state index in [1.807, 2.05) is 19.2 Å². The zero-order valence-electron chi connectivity index (χ0n) is 11.9. The second-order valence-corrected chi connectivity index (χ2v) is 4.98. The van der Waals surface area contributed by atoms with Crippen LogP contribution < -0.4 is 10.1 Å². The summed E-state index contributed by atoms with van der Waals surface area (Å²) in [7, 11) is 1.95. The minimum absolute atomic E-state index is 0.496. The molecule has 0 amide bonds. The third-order valence-corrected chi connectivity index (χ3v) is 3.46. The Morgan fingerprint density at radius 3 is 2.84 bits per heavy atom. The van der Waals surface area contributed by atoms with Gasteiger partial charge in [0.05, 0.1) is 13.2 Å². The minimum atomic E-state index is 0.496. The molecule has 4 nitrogen and oxygen atoms in total. The van der Waals surface area contributed by atoms with Crippen molar-refractivity contribution in [2.45, 2.75) is 19.5 Å². The molecule has 1 N–H and O–H groups in total. The van der Waals surface area contributed by atoms with Crippen LogP contribution in [0.4, 0.5) is 0 Å². The number of hydrogen-bond acceptors (Lipinski definition) is 4. The number of ether oxygens (including phenoxy) is 2. The first-order chi connectivity index (χ1) is 9.29. The summed E-state index contributed by atoms with van der Waals surface area (Å²) in [6.07, 6.45) is 0. The normalized spacial score (nSPS) is 20.4. The first-order valence-electron chi connectivity index (χ1n) is 6.97. The van der Waals surface area contributed by atoms with Gasteiger partial charge in [-0.15, -0.1) is 0 Å². The number of morpholine rings is 1. The van der Waals surface area contributed by atoms with Gasteiger partial charge in [0.2, 0.25) is 0 Å². The Bertz CT molecular complexity index is 367. The van der Waals surface area contributed by atoms with Crippen LogP contribution in [0.3, 0.4) is 0 Å². The first kappa shape index (κ1) is 14.3. The Hall–Kier alpha value is -1.10. The second kappa shape index (κ2) is 7.48. The Morgan fingerprint density at radius 2 is 2.16 bits per heavy atom. The highest BCUT2D eigenvalue weighted by Gasteiger charge is 2.17. The Morgan fingerprint density at radius 1 is 1.37 bits per heavy atom. The summed E-state index contributed by atoms with van der Waals surface area (Å²) in [4.78, 5) is 2.42. The number of rotatable bonds is 6. The zero-order chi connectivity index (χ0) is 13.5. The number of nitrogens with one attached hydrogen (secondary N) is 1. The molecule has 1 aliphatic heterocycles. The topological polar surface area (TPSA) is 33.7 Å². The predicted molar refractivity (Wildman–Crippen MR) is 76.6 cm³/mol. The SMILES string of the molecule is CNCc1ccc(OCCN2CCOCC2C)cc1. The van der Waals surface area contributed by atoms with Gasteiger partial charge in [-0.1, -0.05) is 12.1 Å². The summed E-state index contributed by atoms with van der Waals surface area (Å²) in [5.74, 6) is 0.945. The highest BCUT2D eigenvalue weighted by molar-refractivity contribution is 5.27. The monoisotopic (exact) mass is 264 g/mol. The van der Waals surface area contributed by atoms with Crippen LogP contribution in [-0.4, -0.2) is 50.9 Å². The van der Waals surface area contributed by atoms with Gasteiger partial charge in [0.25, 0.3) is 0 Å². The summed E-state index contributed by atoms with van der Waals surface area (Å²) >= 11 is 0. The molecule has 106 valence electrons. The van der Waals surface area contributed by atoms with E-state index in [-0.39, 0.29) is 0 Å². The number of benzene rings is 1. The third-order valence-electron chi connectivity index (χ3n) is 3.46. The number of nitrogens with zero attached hydrogens (tertiary/aromatic N) is 1. The fraction of sp³-hybridized carbons (Fsp3) is 0.600. The summed E-state index contributed by atoms with van der Waals surface area (Å²) in [5, 5.41) is 3.14. The second-order valence-electron chi connectivity index (χ2n) is 4.98.